The van der Waals surface area contributed by atoms with Crippen molar-refractivity contribution in [3.05, 3.63) is 60.0 Å². The topological polar surface area (TPSA) is 37.4 Å². The van der Waals surface area contributed by atoms with Crippen molar-refractivity contribution in [2.75, 3.05) is 10.8 Å². The highest BCUT2D eigenvalue weighted by Gasteiger charge is 2.24. The molecular weight excluding hydrogens is 278 g/mol. The number of hydrogen-bond acceptors (Lipinski definition) is 3. The number of thiophene rings is 1. The Hall–Kier alpha value is -1.59. The summed E-state index contributed by atoms with van der Waals surface area (Å²) in [4.78, 5) is 0. The van der Waals surface area contributed by atoms with Crippen LogP contribution in [0.15, 0.2) is 58.6 Å². The number of anilines is 1. The van der Waals surface area contributed by atoms with Crippen LogP contribution in [-0.4, -0.2) is 15.0 Å². The van der Waals surface area contributed by atoms with Crippen molar-refractivity contribution in [1.82, 2.24) is 0 Å². The Balaban J connectivity index is 2.46. The number of sulfonamides is 1. The predicted octanol–water partition coefficient (Wildman–Crippen LogP) is 3.44. The van der Waals surface area contributed by atoms with E-state index in [1.54, 1.807) is 23.6 Å². The SMILES string of the molecule is C=CCN(c1ccc(C)cc1)S(=O)(=O)c1cccs1. The quantitative estimate of drug-likeness (QED) is 0.792. The summed E-state index contributed by atoms with van der Waals surface area (Å²) < 4.78 is 26.8. The molecule has 0 fully saturated rings. The van der Waals surface area contributed by atoms with Gasteiger partial charge in [-0.3, -0.25) is 4.31 Å². The Labute approximate surface area is 117 Å². The molecule has 0 aliphatic heterocycles. The van der Waals surface area contributed by atoms with Crippen LogP contribution in [0.4, 0.5) is 5.69 Å². The van der Waals surface area contributed by atoms with E-state index in [2.05, 4.69) is 6.58 Å². The van der Waals surface area contributed by atoms with Crippen molar-refractivity contribution in [2.45, 2.75) is 11.1 Å². The summed E-state index contributed by atoms with van der Waals surface area (Å²) in [5.74, 6) is 0. The van der Waals surface area contributed by atoms with Gasteiger partial charge in [0, 0.05) is 0 Å². The Morgan fingerprint density at radius 2 is 1.95 bits per heavy atom. The number of hydrogen-bond donors (Lipinski definition) is 0. The van der Waals surface area contributed by atoms with Gasteiger partial charge in [0.1, 0.15) is 4.21 Å². The fourth-order valence-corrected chi connectivity index (χ4v) is 4.23. The molecule has 0 atom stereocenters. The normalized spacial score (nSPS) is 11.2. The molecule has 3 nitrogen and oxygen atoms in total. The van der Waals surface area contributed by atoms with E-state index in [0.29, 0.717) is 9.90 Å². The standard InChI is InChI=1S/C14H15NO2S2/c1-3-10-15(13-8-6-12(2)7-9-13)19(16,17)14-5-4-11-18-14/h3-9,11H,1,10H2,2H3. The van der Waals surface area contributed by atoms with E-state index in [9.17, 15) is 8.42 Å². The maximum atomic E-state index is 12.6. The third kappa shape index (κ3) is 2.88. The number of aryl methyl sites for hydroxylation is 1. The summed E-state index contributed by atoms with van der Waals surface area (Å²) in [5.41, 5.74) is 1.75. The van der Waals surface area contributed by atoms with Gasteiger partial charge in [-0.1, -0.05) is 29.8 Å². The first-order chi connectivity index (χ1) is 9.05. The highest BCUT2D eigenvalue weighted by molar-refractivity contribution is 7.94. The van der Waals surface area contributed by atoms with Gasteiger partial charge in [0.15, 0.2) is 0 Å². The molecule has 0 saturated heterocycles. The maximum absolute atomic E-state index is 12.6. The van der Waals surface area contributed by atoms with Gasteiger partial charge >= 0.3 is 0 Å². The Morgan fingerprint density at radius 3 is 2.47 bits per heavy atom. The molecule has 2 aromatic rings. The fraction of sp³-hybridized carbons (Fsp3) is 0.143. The van der Waals surface area contributed by atoms with Crippen molar-refractivity contribution in [1.29, 1.82) is 0 Å². The van der Waals surface area contributed by atoms with E-state index < -0.39 is 10.0 Å². The van der Waals surface area contributed by atoms with Gasteiger partial charge in [-0.15, -0.1) is 17.9 Å². The average Bonchev–Trinajstić information content (AvgIpc) is 2.92. The van der Waals surface area contributed by atoms with Crippen LogP contribution in [0, 0.1) is 6.92 Å². The van der Waals surface area contributed by atoms with E-state index in [-0.39, 0.29) is 6.54 Å². The first-order valence-corrected chi connectivity index (χ1v) is 8.11. The summed E-state index contributed by atoms with van der Waals surface area (Å²) >= 11 is 1.22. The third-order valence-corrected chi connectivity index (χ3v) is 5.82. The molecule has 19 heavy (non-hydrogen) atoms. The van der Waals surface area contributed by atoms with Crippen LogP contribution in [0.5, 0.6) is 0 Å². The van der Waals surface area contributed by atoms with Crippen molar-refractivity contribution in [3.8, 4) is 0 Å². The monoisotopic (exact) mass is 293 g/mol. The largest absolute Gasteiger partial charge is 0.274 e. The lowest BCUT2D eigenvalue weighted by molar-refractivity contribution is 0.595. The molecule has 0 aliphatic carbocycles. The van der Waals surface area contributed by atoms with Crippen molar-refractivity contribution >= 4 is 27.0 Å². The van der Waals surface area contributed by atoms with E-state index in [4.69, 9.17) is 0 Å². The first-order valence-electron chi connectivity index (χ1n) is 5.79. The summed E-state index contributed by atoms with van der Waals surface area (Å²) in [7, 11) is -3.51. The van der Waals surface area contributed by atoms with Crippen molar-refractivity contribution < 1.29 is 8.42 Å². The van der Waals surface area contributed by atoms with Crippen molar-refractivity contribution in [2.24, 2.45) is 0 Å². The minimum absolute atomic E-state index is 0.253. The van der Waals surface area contributed by atoms with Crippen LogP contribution in [0.2, 0.25) is 0 Å². The second-order valence-corrected chi connectivity index (χ2v) is 7.13. The maximum Gasteiger partial charge on any atom is 0.274 e. The zero-order chi connectivity index (χ0) is 13.9. The molecule has 0 N–H and O–H groups in total. The molecule has 0 unspecified atom stereocenters. The molecule has 0 spiro atoms. The highest BCUT2D eigenvalue weighted by atomic mass is 32.2. The van der Waals surface area contributed by atoms with Gasteiger partial charge in [0.05, 0.1) is 12.2 Å². The first kappa shape index (κ1) is 13.8. The molecule has 0 amide bonds. The molecule has 5 heteroatoms. The van der Waals surface area contributed by atoms with Crippen LogP contribution in [-0.2, 0) is 10.0 Å². The molecule has 1 heterocycles. The lowest BCUT2D eigenvalue weighted by atomic mass is 10.2. The second-order valence-electron chi connectivity index (χ2n) is 4.09. The molecule has 0 saturated carbocycles. The van der Waals surface area contributed by atoms with Gasteiger partial charge in [-0.25, -0.2) is 8.42 Å². The van der Waals surface area contributed by atoms with Gasteiger partial charge in [0.25, 0.3) is 10.0 Å². The van der Waals surface area contributed by atoms with Crippen LogP contribution in [0.3, 0.4) is 0 Å². The van der Waals surface area contributed by atoms with E-state index in [1.165, 1.54) is 15.6 Å². The van der Waals surface area contributed by atoms with Gasteiger partial charge in [0.2, 0.25) is 0 Å². The van der Waals surface area contributed by atoms with Crippen LogP contribution in [0.1, 0.15) is 5.56 Å². The van der Waals surface area contributed by atoms with Crippen LogP contribution >= 0.6 is 11.3 Å². The average molecular weight is 293 g/mol. The number of benzene rings is 1. The summed E-state index contributed by atoms with van der Waals surface area (Å²) in [5, 5.41) is 1.76. The minimum Gasteiger partial charge on any atom is -0.262 e. The zero-order valence-corrected chi connectivity index (χ0v) is 12.2. The van der Waals surface area contributed by atoms with Crippen LogP contribution < -0.4 is 4.31 Å². The van der Waals surface area contributed by atoms with E-state index >= 15 is 0 Å². The minimum atomic E-state index is -3.51. The lowest BCUT2D eigenvalue weighted by Crippen LogP contribution is -2.30. The van der Waals surface area contributed by atoms with Crippen LogP contribution in [0.25, 0.3) is 0 Å². The number of nitrogens with zero attached hydrogens (tertiary/aromatic N) is 1. The molecule has 1 aromatic heterocycles. The van der Waals surface area contributed by atoms with Gasteiger partial charge < -0.3 is 0 Å². The lowest BCUT2D eigenvalue weighted by Gasteiger charge is -2.22. The Morgan fingerprint density at radius 1 is 1.26 bits per heavy atom. The molecule has 0 aliphatic rings. The zero-order valence-electron chi connectivity index (χ0n) is 10.6. The predicted molar refractivity (Wildman–Crippen MR) is 80.2 cm³/mol. The van der Waals surface area contributed by atoms with Gasteiger partial charge in [-0.2, -0.15) is 0 Å². The molecule has 100 valence electrons. The second kappa shape index (κ2) is 5.59. The number of rotatable bonds is 5. The molecule has 1 aromatic carbocycles. The molecule has 2 rings (SSSR count). The Kier molecular flexibility index (Phi) is 4.07. The third-order valence-electron chi connectivity index (χ3n) is 2.66. The smallest absolute Gasteiger partial charge is 0.262 e. The fourth-order valence-electron chi connectivity index (χ4n) is 1.69. The summed E-state index contributed by atoms with van der Waals surface area (Å²) in [6, 6.07) is 10.8. The van der Waals surface area contributed by atoms with E-state index in [1.807, 2.05) is 31.2 Å². The molecular formula is C14H15NO2S2. The van der Waals surface area contributed by atoms with E-state index in [0.717, 1.165) is 5.56 Å². The summed E-state index contributed by atoms with van der Waals surface area (Å²) in [6.45, 7) is 5.86. The highest BCUT2D eigenvalue weighted by Crippen LogP contribution is 2.26. The molecule has 0 radical (unpaired) electrons. The van der Waals surface area contributed by atoms with Crippen molar-refractivity contribution in [3.63, 3.8) is 0 Å². The Bertz CT molecular complexity index is 643. The molecule has 0 bridgehead atoms. The van der Waals surface area contributed by atoms with Gasteiger partial charge in [-0.05, 0) is 30.5 Å². The summed E-state index contributed by atoms with van der Waals surface area (Å²) in [6.07, 6.45) is 1.59.